The van der Waals surface area contributed by atoms with Crippen LogP contribution < -0.4 is 10.1 Å². The summed E-state index contributed by atoms with van der Waals surface area (Å²) in [4.78, 5) is 43.1. The summed E-state index contributed by atoms with van der Waals surface area (Å²) in [7, 11) is 3.31. The zero-order chi connectivity index (χ0) is 23.8. The van der Waals surface area contributed by atoms with Crippen LogP contribution in [0.25, 0.3) is 0 Å². The average Bonchev–Trinajstić information content (AvgIpc) is 3.19. The average molecular weight is 450 g/mol. The maximum Gasteiger partial charge on any atom is 0.329 e. The highest BCUT2D eigenvalue weighted by molar-refractivity contribution is 6.12. The van der Waals surface area contributed by atoms with Crippen LogP contribution >= 0.6 is 0 Å². The number of nitrogens with zero attached hydrogens (tertiary/aromatic N) is 1. The van der Waals surface area contributed by atoms with E-state index in [4.69, 9.17) is 14.2 Å². The van der Waals surface area contributed by atoms with Gasteiger partial charge in [0.1, 0.15) is 11.3 Å². The van der Waals surface area contributed by atoms with Crippen molar-refractivity contribution in [3.05, 3.63) is 59.7 Å². The summed E-state index contributed by atoms with van der Waals surface area (Å²) >= 11 is 0. The molecule has 2 fully saturated rings. The summed E-state index contributed by atoms with van der Waals surface area (Å²) in [6.07, 6.45) is 0. The minimum atomic E-state index is -1.78. The second-order valence-corrected chi connectivity index (χ2v) is 9.50. The highest BCUT2D eigenvalue weighted by atomic mass is 16.7. The molecule has 8 nitrogen and oxygen atoms in total. The van der Waals surface area contributed by atoms with E-state index >= 15 is 0 Å². The summed E-state index contributed by atoms with van der Waals surface area (Å²) in [5, 5.41) is 2.97. The number of carbonyl (C=O) groups is 3. The summed E-state index contributed by atoms with van der Waals surface area (Å²) in [5.41, 5.74) is -2.56. The summed E-state index contributed by atoms with van der Waals surface area (Å²) in [6, 6.07) is 14.4. The first-order valence-corrected chi connectivity index (χ1v) is 10.8. The van der Waals surface area contributed by atoms with Crippen molar-refractivity contribution >= 4 is 23.5 Å². The van der Waals surface area contributed by atoms with E-state index in [2.05, 4.69) is 5.32 Å². The first-order chi connectivity index (χ1) is 15.5. The van der Waals surface area contributed by atoms with Gasteiger partial charge in [-0.25, -0.2) is 0 Å². The lowest BCUT2D eigenvalue weighted by atomic mass is 9.53. The van der Waals surface area contributed by atoms with E-state index < -0.39 is 34.1 Å². The Balaban J connectivity index is 1.86. The van der Waals surface area contributed by atoms with Gasteiger partial charge >= 0.3 is 11.9 Å². The van der Waals surface area contributed by atoms with Crippen LogP contribution in [0.15, 0.2) is 48.5 Å². The number of ether oxygens (including phenoxy) is 3. The van der Waals surface area contributed by atoms with Crippen molar-refractivity contribution < 1.29 is 28.6 Å². The van der Waals surface area contributed by atoms with E-state index in [1.807, 2.05) is 24.3 Å². The molecular weight excluding hydrogens is 424 g/mol. The van der Waals surface area contributed by atoms with Gasteiger partial charge in [0.05, 0.1) is 12.5 Å². The number of fused-ring (bicyclic) bond motifs is 2. The van der Waals surface area contributed by atoms with Gasteiger partial charge in [0.2, 0.25) is 0 Å². The molecular formula is C25H26N2O6. The molecule has 1 amide bonds. The molecule has 2 atom stereocenters. The number of carbonyl (C=O) groups excluding carboxylic acids is 3. The van der Waals surface area contributed by atoms with Crippen molar-refractivity contribution in [1.29, 1.82) is 0 Å². The van der Waals surface area contributed by atoms with Gasteiger partial charge in [0.25, 0.3) is 11.7 Å². The van der Waals surface area contributed by atoms with Gasteiger partial charge in [0.15, 0.2) is 5.41 Å². The van der Waals surface area contributed by atoms with Gasteiger partial charge < -0.3 is 19.5 Å². The topological polar surface area (TPSA) is 94.2 Å². The number of methoxy groups -OCH3 is 1. The van der Waals surface area contributed by atoms with E-state index in [9.17, 15) is 14.4 Å². The van der Waals surface area contributed by atoms with Crippen molar-refractivity contribution in [2.45, 2.75) is 37.5 Å². The number of nitrogens with one attached hydrogen (secondary N) is 1. The Hall–Kier alpha value is -3.39. The van der Waals surface area contributed by atoms with Crippen molar-refractivity contribution in [2.75, 3.05) is 26.0 Å². The quantitative estimate of drug-likeness (QED) is 0.555. The van der Waals surface area contributed by atoms with Crippen LogP contribution in [0.1, 0.15) is 31.9 Å². The summed E-state index contributed by atoms with van der Waals surface area (Å²) in [5.74, 6) is -2.51. The van der Waals surface area contributed by atoms with E-state index in [1.165, 1.54) is 13.8 Å². The highest BCUT2D eigenvalue weighted by Gasteiger charge is 2.81. The Morgan fingerprint density at radius 3 is 2.15 bits per heavy atom. The third-order valence-electron chi connectivity index (χ3n) is 7.56. The van der Waals surface area contributed by atoms with Crippen molar-refractivity contribution in [2.24, 2.45) is 5.41 Å². The van der Waals surface area contributed by atoms with Gasteiger partial charge in [-0.2, -0.15) is 0 Å². The van der Waals surface area contributed by atoms with Gasteiger partial charge in [-0.15, -0.1) is 0 Å². The molecule has 3 aliphatic rings. The largest absolute Gasteiger partial charge is 0.497 e. The second-order valence-electron chi connectivity index (χ2n) is 9.50. The van der Waals surface area contributed by atoms with E-state index in [0.29, 0.717) is 22.6 Å². The van der Waals surface area contributed by atoms with Gasteiger partial charge in [-0.1, -0.05) is 37.3 Å². The molecule has 0 bridgehead atoms. The fourth-order valence-corrected chi connectivity index (χ4v) is 6.08. The molecule has 0 saturated carbocycles. The van der Waals surface area contributed by atoms with Crippen LogP contribution in [0, 0.1) is 5.41 Å². The number of likely N-dealkylation sites (N-methyl/N-ethyl adjacent to an activating group) is 1. The van der Waals surface area contributed by atoms with Crippen molar-refractivity contribution in [3.8, 4) is 5.75 Å². The van der Waals surface area contributed by atoms with Gasteiger partial charge in [-0.05, 0) is 30.8 Å². The van der Waals surface area contributed by atoms with Crippen LogP contribution in [-0.2, 0) is 34.8 Å². The molecule has 8 heteroatoms. The number of para-hydroxylation sites is 1. The Bertz CT molecular complexity index is 1170. The monoisotopic (exact) mass is 450 g/mol. The standard InChI is InChI=1S/C25H26N2O6/c1-22(2)32-20(29)24(21(30)33-22)14-27(4)25(17-8-6-7-9-18(17)26-19(25)28)23(24,3)15-10-12-16(31-5)13-11-15/h6-13H,14H2,1-5H3,(H,26,28). The predicted molar refractivity (Wildman–Crippen MR) is 118 cm³/mol. The lowest BCUT2D eigenvalue weighted by Gasteiger charge is -2.50. The molecule has 3 aliphatic heterocycles. The number of amides is 1. The molecule has 0 aliphatic carbocycles. The Morgan fingerprint density at radius 1 is 0.939 bits per heavy atom. The SMILES string of the molecule is COc1ccc(C2(C)C3(CN(C)C24C(=O)Nc2ccccc24)C(=O)OC(C)(C)OC3=O)cc1. The van der Waals surface area contributed by atoms with Gasteiger partial charge in [-0.3, -0.25) is 19.3 Å². The first kappa shape index (κ1) is 21.5. The second kappa shape index (κ2) is 6.57. The highest BCUT2D eigenvalue weighted by Crippen LogP contribution is 2.66. The maximum atomic E-state index is 13.9. The molecule has 2 saturated heterocycles. The predicted octanol–water partition coefficient (Wildman–Crippen LogP) is 2.57. The maximum absolute atomic E-state index is 13.9. The molecule has 3 heterocycles. The lowest BCUT2D eigenvalue weighted by molar-refractivity contribution is -0.254. The number of rotatable bonds is 2. The molecule has 33 heavy (non-hydrogen) atoms. The van der Waals surface area contributed by atoms with Gasteiger partial charge in [0, 0.05) is 31.6 Å². The normalized spacial score (nSPS) is 29.5. The molecule has 2 spiro atoms. The smallest absolute Gasteiger partial charge is 0.329 e. The Labute approximate surface area is 191 Å². The van der Waals surface area contributed by atoms with E-state index in [-0.39, 0.29) is 12.5 Å². The summed E-state index contributed by atoms with van der Waals surface area (Å²) in [6.45, 7) is 4.77. The van der Waals surface area contributed by atoms with Crippen molar-refractivity contribution in [3.63, 3.8) is 0 Å². The van der Waals surface area contributed by atoms with Crippen LogP contribution in [0.5, 0.6) is 5.75 Å². The molecule has 0 aromatic heterocycles. The molecule has 5 rings (SSSR count). The number of esters is 2. The third kappa shape index (κ3) is 2.36. The third-order valence-corrected chi connectivity index (χ3v) is 7.56. The molecule has 1 N–H and O–H groups in total. The number of benzene rings is 2. The summed E-state index contributed by atoms with van der Waals surface area (Å²) < 4.78 is 16.6. The lowest BCUT2D eigenvalue weighted by Crippen LogP contribution is -2.66. The van der Waals surface area contributed by atoms with Crippen LogP contribution in [-0.4, -0.2) is 49.2 Å². The molecule has 2 aromatic carbocycles. The molecule has 172 valence electrons. The van der Waals surface area contributed by atoms with E-state index in [0.717, 1.165) is 0 Å². The Morgan fingerprint density at radius 2 is 1.55 bits per heavy atom. The number of cyclic esters (lactones) is 2. The fourth-order valence-electron chi connectivity index (χ4n) is 6.08. The van der Waals surface area contributed by atoms with Crippen molar-refractivity contribution in [1.82, 2.24) is 4.90 Å². The van der Waals surface area contributed by atoms with Crippen LogP contribution in [0.4, 0.5) is 5.69 Å². The Kier molecular flexibility index (Phi) is 4.27. The minimum absolute atomic E-state index is 0.0506. The number of likely N-dealkylation sites (tertiary alicyclic amines) is 1. The zero-order valence-electron chi connectivity index (χ0n) is 19.2. The molecule has 0 radical (unpaired) electrons. The van der Waals surface area contributed by atoms with E-state index in [1.54, 1.807) is 50.2 Å². The minimum Gasteiger partial charge on any atom is -0.497 e. The number of hydrogen-bond acceptors (Lipinski definition) is 7. The fraction of sp³-hybridized carbons (Fsp3) is 0.400. The number of hydrogen-bond donors (Lipinski definition) is 1. The van der Waals surface area contributed by atoms with Crippen LogP contribution in [0.3, 0.4) is 0 Å². The molecule has 2 unspecified atom stereocenters. The zero-order valence-corrected chi connectivity index (χ0v) is 19.2. The first-order valence-electron chi connectivity index (χ1n) is 10.8. The molecule has 2 aromatic rings. The van der Waals surface area contributed by atoms with Crippen LogP contribution in [0.2, 0.25) is 0 Å². The number of anilines is 1.